The van der Waals surface area contributed by atoms with Crippen molar-refractivity contribution in [3.8, 4) is 0 Å². The van der Waals surface area contributed by atoms with E-state index in [4.69, 9.17) is 10.8 Å². The van der Waals surface area contributed by atoms with E-state index in [2.05, 4.69) is 32.7 Å². The first-order chi connectivity index (χ1) is 12.0. The molecular formula is C17H25N5O3. The number of carboxylic acids is 1. The number of aryl methyl sites for hydroxylation is 1. The van der Waals surface area contributed by atoms with Crippen LogP contribution >= 0.6 is 0 Å². The lowest BCUT2D eigenvalue weighted by atomic mass is 9.98. The van der Waals surface area contributed by atoms with Crippen molar-refractivity contribution in [3.63, 3.8) is 0 Å². The van der Waals surface area contributed by atoms with Crippen LogP contribution < -0.4 is 16.4 Å². The highest BCUT2D eigenvalue weighted by molar-refractivity contribution is 5.81. The summed E-state index contributed by atoms with van der Waals surface area (Å²) in [5.74, 6) is -0.301. The van der Waals surface area contributed by atoms with Crippen molar-refractivity contribution >= 4 is 17.7 Å². The molecule has 0 saturated carbocycles. The maximum absolute atomic E-state index is 11.9. The number of rotatable bonds is 7. The second-order valence-corrected chi connectivity index (χ2v) is 6.74. The number of carboxylic acid groups (broad SMARTS) is 1. The van der Waals surface area contributed by atoms with E-state index < -0.39 is 12.0 Å². The summed E-state index contributed by atoms with van der Waals surface area (Å²) in [7, 11) is 0. The summed E-state index contributed by atoms with van der Waals surface area (Å²) in [5, 5.41) is 14.6. The van der Waals surface area contributed by atoms with Crippen LogP contribution in [0, 0.1) is 5.92 Å². The molecule has 1 amide bonds. The second-order valence-electron chi connectivity index (χ2n) is 6.74. The van der Waals surface area contributed by atoms with Crippen LogP contribution in [0.1, 0.15) is 17.7 Å². The van der Waals surface area contributed by atoms with Crippen molar-refractivity contribution in [1.29, 1.82) is 0 Å². The van der Waals surface area contributed by atoms with Crippen LogP contribution in [0.3, 0.4) is 0 Å². The fraction of sp³-hybridized carbons (Fsp3) is 0.588. The quantitative estimate of drug-likeness (QED) is 0.522. The Morgan fingerprint density at radius 3 is 3.00 bits per heavy atom. The van der Waals surface area contributed by atoms with Crippen molar-refractivity contribution in [2.45, 2.75) is 25.3 Å². The molecule has 136 valence electrons. The molecule has 5 N–H and O–H groups in total. The number of aliphatic carboxylic acids is 1. The van der Waals surface area contributed by atoms with Gasteiger partial charge in [-0.2, -0.15) is 0 Å². The number of carbonyl (C=O) groups excluding carboxylic acids is 1. The molecule has 1 fully saturated rings. The number of hydrogen-bond acceptors (Lipinski definition) is 6. The van der Waals surface area contributed by atoms with E-state index in [9.17, 15) is 9.59 Å². The van der Waals surface area contributed by atoms with Crippen LogP contribution in [0.5, 0.6) is 0 Å². The molecule has 0 aliphatic carbocycles. The Kier molecular flexibility index (Phi) is 5.50. The van der Waals surface area contributed by atoms with Crippen molar-refractivity contribution in [3.05, 3.63) is 23.4 Å². The number of fused-ring (bicyclic) bond motifs is 1. The number of pyridine rings is 1. The number of nitrogens with one attached hydrogen (secondary N) is 2. The van der Waals surface area contributed by atoms with E-state index in [1.54, 1.807) is 0 Å². The Bertz CT molecular complexity index is 645. The topological polar surface area (TPSA) is 121 Å². The lowest BCUT2D eigenvalue weighted by molar-refractivity contribution is -0.138. The van der Waals surface area contributed by atoms with Gasteiger partial charge in [0, 0.05) is 44.8 Å². The number of aromatic nitrogens is 1. The maximum atomic E-state index is 11.9. The SMILES string of the molecule is N[C@@H](CNC(=O)C1CN(CCc2ccc3c(n2)NCCC3)C1)C(=O)O. The van der Waals surface area contributed by atoms with Crippen LogP contribution in [-0.2, 0) is 22.4 Å². The van der Waals surface area contributed by atoms with Gasteiger partial charge in [-0.25, -0.2) is 4.98 Å². The number of carbonyl (C=O) groups is 2. The Labute approximate surface area is 146 Å². The van der Waals surface area contributed by atoms with Gasteiger partial charge in [0.15, 0.2) is 0 Å². The average Bonchev–Trinajstić information content (AvgIpc) is 2.57. The van der Waals surface area contributed by atoms with Gasteiger partial charge in [0.1, 0.15) is 11.9 Å². The fourth-order valence-corrected chi connectivity index (χ4v) is 3.14. The summed E-state index contributed by atoms with van der Waals surface area (Å²) in [6, 6.07) is 3.19. The van der Waals surface area contributed by atoms with Crippen LogP contribution in [-0.4, -0.2) is 65.6 Å². The third-order valence-electron chi connectivity index (χ3n) is 4.78. The van der Waals surface area contributed by atoms with Gasteiger partial charge in [-0.3, -0.25) is 9.59 Å². The fourth-order valence-electron chi connectivity index (χ4n) is 3.14. The highest BCUT2D eigenvalue weighted by Crippen LogP contribution is 2.21. The summed E-state index contributed by atoms with van der Waals surface area (Å²) in [4.78, 5) is 29.4. The monoisotopic (exact) mass is 347 g/mol. The predicted molar refractivity (Wildman–Crippen MR) is 93.3 cm³/mol. The van der Waals surface area contributed by atoms with Crippen LogP contribution in [0.4, 0.5) is 5.82 Å². The van der Waals surface area contributed by atoms with Crippen molar-refractivity contribution in [1.82, 2.24) is 15.2 Å². The molecule has 3 rings (SSSR count). The minimum Gasteiger partial charge on any atom is -0.480 e. The first kappa shape index (κ1) is 17.6. The molecule has 0 radical (unpaired) electrons. The maximum Gasteiger partial charge on any atom is 0.322 e. The molecule has 0 aromatic carbocycles. The number of nitrogens with zero attached hydrogens (tertiary/aromatic N) is 2. The largest absolute Gasteiger partial charge is 0.480 e. The smallest absolute Gasteiger partial charge is 0.322 e. The number of amides is 1. The summed E-state index contributed by atoms with van der Waals surface area (Å²) in [6.07, 6.45) is 3.10. The van der Waals surface area contributed by atoms with Crippen LogP contribution in [0.15, 0.2) is 12.1 Å². The third kappa shape index (κ3) is 4.46. The van der Waals surface area contributed by atoms with E-state index >= 15 is 0 Å². The molecule has 25 heavy (non-hydrogen) atoms. The molecule has 8 heteroatoms. The van der Waals surface area contributed by atoms with Gasteiger partial charge in [0.25, 0.3) is 0 Å². The van der Waals surface area contributed by atoms with Gasteiger partial charge < -0.3 is 26.4 Å². The molecule has 0 unspecified atom stereocenters. The Balaban J connectivity index is 1.38. The summed E-state index contributed by atoms with van der Waals surface area (Å²) >= 11 is 0. The third-order valence-corrected chi connectivity index (χ3v) is 4.78. The van der Waals surface area contributed by atoms with Gasteiger partial charge in [-0.05, 0) is 24.5 Å². The zero-order valence-electron chi connectivity index (χ0n) is 14.2. The number of likely N-dealkylation sites (tertiary alicyclic amines) is 1. The van der Waals surface area contributed by atoms with Crippen molar-refractivity contribution in [2.24, 2.45) is 11.7 Å². The molecule has 0 bridgehead atoms. The molecule has 0 spiro atoms. The standard InChI is InChI=1S/C17H25N5O3/c18-14(17(24)25)8-20-16(23)12-9-22(10-12)7-5-13-4-3-11-2-1-6-19-15(11)21-13/h3-4,12,14H,1-2,5-10,18H2,(H,19,21)(H,20,23)(H,24,25)/t14-/m0/s1. The molecule has 8 nitrogen and oxygen atoms in total. The normalized spacial score (nSPS) is 18.6. The van der Waals surface area contributed by atoms with Crippen LogP contribution in [0.25, 0.3) is 0 Å². The predicted octanol–water partition coefficient (Wildman–Crippen LogP) is -0.558. The molecule has 1 atom stereocenters. The summed E-state index contributed by atoms with van der Waals surface area (Å²) in [5.41, 5.74) is 7.73. The number of anilines is 1. The Morgan fingerprint density at radius 1 is 1.44 bits per heavy atom. The molecular weight excluding hydrogens is 322 g/mol. The minimum atomic E-state index is -1.11. The van der Waals surface area contributed by atoms with Gasteiger partial charge in [0.05, 0.1) is 5.92 Å². The highest BCUT2D eigenvalue weighted by Gasteiger charge is 2.32. The number of hydrogen-bond donors (Lipinski definition) is 4. The molecule has 1 aromatic heterocycles. The van der Waals surface area contributed by atoms with Crippen molar-refractivity contribution < 1.29 is 14.7 Å². The Morgan fingerprint density at radius 2 is 2.24 bits per heavy atom. The molecule has 2 aliphatic rings. The van der Waals surface area contributed by atoms with Gasteiger partial charge in [-0.1, -0.05) is 6.07 Å². The zero-order valence-corrected chi connectivity index (χ0v) is 14.2. The zero-order chi connectivity index (χ0) is 17.8. The van der Waals surface area contributed by atoms with Crippen molar-refractivity contribution in [2.75, 3.05) is 38.0 Å². The molecule has 1 aromatic rings. The van der Waals surface area contributed by atoms with Crippen LogP contribution in [0.2, 0.25) is 0 Å². The molecule has 3 heterocycles. The average molecular weight is 347 g/mol. The lowest BCUT2D eigenvalue weighted by Crippen LogP contribution is -2.55. The van der Waals surface area contributed by atoms with E-state index in [0.29, 0.717) is 13.1 Å². The second kappa shape index (κ2) is 7.79. The first-order valence-electron chi connectivity index (χ1n) is 8.74. The Hall–Kier alpha value is -2.19. The van der Waals surface area contributed by atoms with Gasteiger partial charge >= 0.3 is 5.97 Å². The lowest BCUT2D eigenvalue weighted by Gasteiger charge is -2.38. The molecule has 2 aliphatic heterocycles. The van der Waals surface area contributed by atoms with E-state index in [0.717, 1.165) is 43.9 Å². The van der Waals surface area contributed by atoms with Gasteiger partial charge in [-0.15, -0.1) is 0 Å². The summed E-state index contributed by atoms with van der Waals surface area (Å²) in [6.45, 7) is 3.20. The number of nitrogens with two attached hydrogens (primary N) is 1. The van der Waals surface area contributed by atoms with E-state index in [1.165, 1.54) is 5.56 Å². The summed E-state index contributed by atoms with van der Waals surface area (Å²) < 4.78 is 0. The van der Waals surface area contributed by atoms with E-state index in [1.807, 2.05) is 0 Å². The highest BCUT2D eigenvalue weighted by atomic mass is 16.4. The van der Waals surface area contributed by atoms with Gasteiger partial charge in [0.2, 0.25) is 5.91 Å². The minimum absolute atomic E-state index is 0.0310. The van der Waals surface area contributed by atoms with E-state index in [-0.39, 0.29) is 18.4 Å². The molecule has 1 saturated heterocycles. The first-order valence-corrected chi connectivity index (χ1v) is 8.74.